The first-order valence-corrected chi connectivity index (χ1v) is 4.56. The van der Waals surface area contributed by atoms with Gasteiger partial charge in [-0.3, -0.25) is 0 Å². The van der Waals surface area contributed by atoms with E-state index < -0.39 is 0 Å². The van der Waals surface area contributed by atoms with E-state index in [1.807, 2.05) is 0 Å². The Morgan fingerprint density at radius 3 is 2.82 bits per heavy atom. The quantitative estimate of drug-likeness (QED) is 0.565. The van der Waals surface area contributed by atoms with Crippen molar-refractivity contribution >= 4 is 22.9 Å². The van der Waals surface area contributed by atoms with Crippen LogP contribution in [0.2, 0.25) is 0 Å². The van der Waals surface area contributed by atoms with Crippen molar-refractivity contribution in [2.75, 3.05) is 0 Å². The molecule has 2 nitrogen and oxygen atoms in total. The van der Waals surface area contributed by atoms with Crippen molar-refractivity contribution in [3.63, 3.8) is 0 Å². The maximum atomic E-state index is 3.26. The molecule has 0 saturated heterocycles. The van der Waals surface area contributed by atoms with E-state index in [4.69, 9.17) is 0 Å². The third-order valence-corrected chi connectivity index (χ3v) is 2.55. The normalized spacial score (nSPS) is 17.9. The van der Waals surface area contributed by atoms with Gasteiger partial charge in [0.05, 0.1) is 0 Å². The van der Waals surface area contributed by atoms with Gasteiger partial charge < -0.3 is 0 Å². The molecule has 1 aliphatic rings. The van der Waals surface area contributed by atoms with Gasteiger partial charge in [-0.15, -0.1) is 0 Å². The van der Waals surface area contributed by atoms with Crippen LogP contribution in [0.5, 0.6) is 0 Å². The maximum absolute atomic E-state index is 3.26. The molecule has 0 atom stereocenters. The van der Waals surface area contributed by atoms with Crippen LogP contribution in [0.25, 0.3) is 0 Å². The Morgan fingerprint density at radius 1 is 1.27 bits per heavy atom. The van der Waals surface area contributed by atoms with Gasteiger partial charge in [0.15, 0.2) is 0 Å². The van der Waals surface area contributed by atoms with Gasteiger partial charge in [-0.2, -0.15) is 3.22 Å². The molecule has 1 N–H and O–H groups in total. The monoisotopic (exact) mass is 260 g/mol. The van der Waals surface area contributed by atoms with E-state index in [9.17, 15) is 0 Å². The Bertz CT molecular complexity index is 262. The van der Waals surface area contributed by atoms with Gasteiger partial charge in [-0.25, -0.2) is 5.43 Å². The molecule has 0 amide bonds. The number of hydrogen-bond acceptors (Lipinski definition) is 2. The molecular weight excluding hydrogens is 251 g/mol. The van der Waals surface area contributed by atoms with Gasteiger partial charge in [-0.1, -0.05) is 24.3 Å². The molecule has 1 aromatic carbocycles. The van der Waals surface area contributed by atoms with Crippen molar-refractivity contribution in [1.29, 1.82) is 0 Å². The smallest absolute Gasteiger partial charge is 0.0490 e. The van der Waals surface area contributed by atoms with Gasteiger partial charge in [0, 0.05) is 36.0 Å². The Labute approximate surface area is 80.1 Å². The lowest BCUT2D eigenvalue weighted by atomic mass is 10.1. The molecule has 1 aliphatic heterocycles. The fourth-order valence-electron chi connectivity index (χ4n) is 1.26. The number of hydrazine groups is 1. The second-order valence-electron chi connectivity index (χ2n) is 2.62. The number of halogens is 1. The molecular formula is C8H9IN2. The summed E-state index contributed by atoms with van der Waals surface area (Å²) in [6.45, 7) is 1.95. The van der Waals surface area contributed by atoms with Crippen LogP contribution in [0.15, 0.2) is 24.3 Å². The van der Waals surface area contributed by atoms with Crippen LogP contribution < -0.4 is 5.43 Å². The molecule has 0 spiro atoms. The van der Waals surface area contributed by atoms with Crippen LogP contribution in [0.4, 0.5) is 0 Å². The fourth-order valence-corrected chi connectivity index (χ4v) is 1.80. The van der Waals surface area contributed by atoms with Crippen LogP contribution in [0.3, 0.4) is 0 Å². The van der Waals surface area contributed by atoms with E-state index in [0.717, 1.165) is 13.1 Å². The largest absolute Gasteiger partial charge is 0.241 e. The van der Waals surface area contributed by atoms with Crippen LogP contribution in [0, 0.1) is 0 Å². The minimum absolute atomic E-state index is 0.957. The summed E-state index contributed by atoms with van der Waals surface area (Å²) in [5, 5.41) is 0. The minimum Gasteiger partial charge on any atom is -0.241 e. The van der Waals surface area contributed by atoms with E-state index in [0.29, 0.717) is 0 Å². The highest BCUT2D eigenvalue weighted by atomic mass is 127. The first-order valence-electron chi connectivity index (χ1n) is 3.60. The highest BCUT2D eigenvalue weighted by molar-refractivity contribution is 14.1. The standard InChI is InChI=1S/C8H9IN2/c9-11-6-8-4-2-1-3-7(8)5-10-11/h1-4,10H,5-6H2. The third kappa shape index (κ3) is 1.55. The van der Waals surface area contributed by atoms with Gasteiger partial charge in [0.2, 0.25) is 0 Å². The average Bonchev–Trinajstić information content (AvgIpc) is 2.04. The molecule has 58 valence electrons. The second-order valence-corrected chi connectivity index (χ2v) is 3.79. The zero-order valence-corrected chi connectivity index (χ0v) is 8.21. The Balaban J connectivity index is 2.34. The third-order valence-electron chi connectivity index (χ3n) is 1.87. The lowest BCUT2D eigenvalue weighted by molar-refractivity contribution is 0.349. The molecule has 1 heterocycles. The van der Waals surface area contributed by atoms with Crippen LogP contribution in [0.1, 0.15) is 11.1 Å². The Morgan fingerprint density at radius 2 is 2.00 bits per heavy atom. The molecule has 0 bridgehead atoms. The minimum atomic E-state index is 0.957. The summed E-state index contributed by atoms with van der Waals surface area (Å²) < 4.78 is 2.08. The summed E-state index contributed by atoms with van der Waals surface area (Å²) in [6, 6.07) is 8.53. The lowest BCUT2D eigenvalue weighted by Gasteiger charge is -2.23. The fraction of sp³-hybridized carbons (Fsp3) is 0.250. The predicted octanol–water partition coefficient (Wildman–Crippen LogP) is 1.86. The van der Waals surface area contributed by atoms with E-state index >= 15 is 0 Å². The van der Waals surface area contributed by atoms with Gasteiger partial charge in [0.1, 0.15) is 0 Å². The first kappa shape index (κ1) is 7.52. The van der Waals surface area contributed by atoms with E-state index in [1.54, 1.807) is 0 Å². The molecule has 3 heteroatoms. The van der Waals surface area contributed by atoms with Crippen molar-refractivity contribution in [2.45, 2.75) is 13.1 Å². The lowest BCUT2D eigenvalue weighted by Crippen LogP contribution is -2.33. The highest BCUT2D eigenvalue weighted by Crippen LogP contribution is 2.17. The van der Waals surface area contributed by atoms with Crippen molar-refractivity contribution in [3.8, 4) is 0 Å². The van der Waals surface area contributed by atoms with Crippen LogP contribution >= 0.6 is 22.9 Å². The zero-order valence-electron chi connectivity index (χ0n) is 6.05. The van der Waals surface area contributed by atoms with Gasteiger partial charge >= 0.3 is 0 Å². The molecule has 2 rings (SSSR count). The Hall–Kier alpha value is -0.130. The number of hydrogen-bond donors (Lipinski definition) is 1. The molecule has 0 aliphatic carbocycles. The molecule has 1 aromatic rings. The van der Waals surface area contributed by atoms with E-state index in [2.05, 4.69) is 55.8 Å². The topological polar surface area (TPSA) is 15.3 Å². The van der Waals surface area contributed by atoms with E-state index in [-0.39, 0.29) is 0 Å². The van der Waals surface area contributed by atoms with Gasteiger partial charge in [0.25, 0.3) is 0 Å². The number of benzene rings is 1. The van der Waals surface area contributed by atoms with Gasteiger partial charge in [-0.05, 0) is 11.1 Å². The first-order chi connectivity index (χ1) is 5.36. The summed E-state index contributed by atoms with van der Waals surface area (Å²) in [6.07, 6.45) is 0. The van der Waals surface area contributed by atoms with Crippen molar-refractivity contribution in [2.24, 2.45) is 0 Å². The molecule has 0 fully saturated rings. The summed E-state index contributed by atoms with van der Waals surface area (Å²) >= 11 is 2.28. The summed E-state index contributed by atoms with van der Waals surface area (Å²) in [5.41, 5.74) is 6.11. The molecule has 0 saturated carbocycles. The SMILES string of the molecule is IN1Cc2ccccc2CN1. The molecule has 11 heavy (non-hydrogen) atoms. The number of fused-ring (bicyclic) bond motifs is 1. The Kier molecular flexibility index (Phi) is 2.11. The van der Waals surface area contributed by atoms with Crippen LogP contribution in [-0.2, 0) is 13.1 Å². The predicted molar refractivity (Wildman–Crippen MR) is 52.8 cm³/mol. The summed E-state index contributed by atoms with van der Waals surface area (Å²) in [5.74, 6) is 0. The summed E-state index contributed by atoms with van der Waals surface area (Å²) in [7, 11) is 0. The average molecular weight is 260 g/mol. The molecule has 0 aromatic heterocycles. The maximum Gasteiger partial charge on any atom is 0.0490 e. The molecule has 0 unspecified atom stereocenters. The summed E-state index contributed by atoms with van der Waals surface area (Å²) in [4.78, 5) is 0. The van der Waals surface area contributed by atoms with Crippen molar-refractivity contribution in [3.05, 3.63) is 35.4 Å². The number of nitrogens with zero attached hydrogens (tertiary/aromatic N) is 1. The number of rotatable bonds is 0. The molecule has 0 radical (unpaired) electrons. The van der Waals surface area contributed by atoms with Crippen molar-refractivity contribution < 1.29 is 0 Å². The number of nitrogens with one attached hydrogen (secondary N) is 1. The highest BCUT2D eigenvalue weighted by Gasteiger charge is 2.11. The van der Waals surface area contributed by atoms with Crippen LogP contribution in [-0.4, -0.2) is 3.22 Å². The second kappa shape index (κ2) is 3.08. The zero-order chi connectivity index (χ0) is 7.68. The van der Waals surface area contributed by atoms with Crippen molar-refractivity contribution in [1.82, 2.24) is 8.65 Å². The van der Waals surface area contributed by atoms with E-state index in [1.165, 1.54) is 11.1 Å².